The number of anilines is 2. The maximum absolute atomic E-state index is 12.5. The standard InChI is InChI=1S/C21H25N3OS/c1-2-16-6-10-18(11-7-16)22-21(26)23-19-12-8-17(9-13-19)20(25)24-14-4-3-5-15-24/h6-13H,2-5,14-15H2,1H3,(H2,22,23,26). The number of thiocarbonyl (C=S) groups is 1. The molecule has 0 radical (unpaired) electrons. The third-order valence-electron chi connectivity index (χ3n) is 4.65. The van der Waals surface area contributed by atoms with E-state index >= 15 is 0 Å². The number of benzene rings is 2. The molecule has 4 nitrogen and oxygen atoms in total. The Morgan fingerprint density at radius 2 is 1.46 bits per heavy atom. The molecule has 0 saturated carbocycles. The van der Waals surface area contributed by atoms with Crippen molar-refractivity contribution in [2.24, 2.45) is 0 Å². The summed E-state index contributed by atoms with van der Waals surface area (Å²) in [6.45, 7) is 3.86. The van der Waals surface area contributed by atoms with Gasteiger partial charge in [0.1, 0.15) is 0 Å². The lowest BCUT2D eigenvalue weighted by Gasteiger charge is -2.26. The molecule has 0 unspecified atom stereocenters. The second kappa shape index (κ2) is 8.81. The Kier molecular flexibility index (Phi) is 6.23. The van der Waals surface area contributed by atoms with Crippen LogP contribution in [-0.2, 0) is 6.42 Å². The molecular formula is C21H25N3OS. The molecule has 3 rings (SSSR count). The zero-order valence-electron chi connectivity index (χ0n) is 15.1. The highest BCUT2D eigenvalue weighted by Crippen LogP contribution is 2.16. The molecule has 1 aliphatic heterocycles. The van der Waals surface area contributed by atoms with E-state index < -0.39 is 0 Å². The van der Waals surface area contributed by atoms with Crippen molar-refractivity contribution in [3.63, 3.8) is 0 Å². The van der Waals surface area contributed by atoms with Gasteiger partial charge in [0.25, 0.3) is 5.91 Å². The maximum atomic E-state index is 12.5. The van der Waals surface area contributed by atoms with Crippen LogP contribution in [-0.4, -0.2) is 29.0 Å². The minimum atomic E-state index is 0.118. The van der Waals surface area contributed by atoms with Crippen LogP contribution in [0, 0.1) is 0 Å². The molecule has 5 heteroatoms. The van der Waals surface area contributed by atoms with E-state index in [2.05, 4.69) is 29.7 Å². The van der Waals surface area contributed by atoms with Crippen LogP contribution >= 0.6 is 12.2 Å². The number of likely N-dealkylation sites (tertiary alicyclic amines) is 1. The predicted octanol–water partition coefficient (Wildman–Crippen LogP) is 4.68. The number of nitrogens with one attached hydrogen (secondary N) is 2. The quantitative estimate of drug-likeness (QED) is 0.770. The van der Waals surface area contributed by atoms with Crippen LogP contribution in [0.1, 0.15) is 42.1 Å². The summed E-state index contributed by atoms with van der Waals surface area (Å²) in [6, 6.07) is 15.7. The third kappa shape index (κ3) is 4.82. The van der Waals surface area contributed by atoms with Crippen molar-refractivity contribution in [3.8, 4) is 0 Å². The van der Waals surface area contributed by atoms with Crippen molar-refractivity contribution in [1.29, 1.82) is 0 Å². The molecule has 0 aromatic heterocycles. The first kappa shape index (κ1) is 18.4. The van der Waals surface area contributed by atoms with Gasteiger partial charge >= 0.3 is 0 Å². The predicted molar refractivity (Wildman–Crippen MR) is 112 cm³/mol. The minimum Gasteiger partial charge on any atom is -0.339 e. The Balaban J connectivity index is 1.56. The lowest BCUT2D eigenvalue weighted by atomic mass is 10.1. The van der Waals surface area contributed by atoms with Gasteiger partial charge in [0.05, 0.1) is 0 Å². The molecule has 26 heavy (non-hydrogen) atoms. The molecule has 1 heterocycles. The van der Waals surface area contributed by atoms with Crippen LogP contribution in [0.4, 0.5) is 11.4 Å². The molecule has 0 bridgehead atoms. The van der Waals surface area contributed by atoms with E-state index in [9.17, 15) is 4.79 Å². The fourth-order valence-electron chi connectivity index (χ4n) is 3.09. The number of rotatable bonds is 4. The molecule has 1 fully saturated rings. The summed E-state index contributed by atoms with van der Waals surface area (Å²) in [5.41, 5.74) is 3.84. The van der Waals surface area contributed by atoms with Gasteiger partial charge in [-0.3, -0.25) is 4.79 Å². The topological polar surface area (TPSA) is 44.4 Å². The van der Waals surface area contributed by atoms with Crippen LogP contribution in [0.15, 0.2) is 48.5 Å². The monoisotopic (exact) mass is 367 g/mol. The Bertz CT molecular complexity index is 750. The van der Waals surface area contributed by atoms with Crippen LogP contribution < -0.4 is 10.6 Å². The van der Waals surface area contributed by atoms with Crippen molar-refractivity contribution in [3.05, 3.63) is 59.7 Å². The lowest BCUT2D eigenvalue weighted by Crippen LogP contribution is -2.35. The first-order valence-corrected chi connectivity index (χ1v) is 9.63. The average Bonchev–Trinajstić information content (AvgIpc) is 2.69. The molecule has 0 aliphatic carbocycles. The highest BCUT2D eigenvalue weighted by atomic mass is 32.1. The zero-order valence-corrected chi connectivity index (χ0v) is 15.9. The number of hydrogen-bond acceptors (Lipinski definition) is 2. The van der Waals surface area contributed by atoms with Gasteiger partial charge < -0.3 is 15.5 Å². The van der Waals surface area contributed by atoms with Crippen LogP contribution in [0.2, 0.25) is 0 Å². The number of carbonyl (C=O) groups excluding carboxylic acids is 1. The molecule has 2 N–H and O–H groups in total. The van der Waals surface area contributed by atoms with Crippen molar-refractivity contribution in [2.75, 3.05) is 23.7 Å². The maximum Gasteiger partial charge on any atom is 0.253 e. The first-order valence-electron chi connectivity index (χ1n) is 9.22. The molecular weight excluding hydrogens is 342 g/mol. The second-order valence-electron chi connectivity index (χ2n) is 6.56. The van der Waals surface area contributed by atoms with Gasteiger partial charge in [-0.15, -0.1) is 0 Å². The normalized spacial score (nSPS) is 14.0. The fourth-order valence-corrected chi connectivity index (χ4v) is 3.33. The lowest BCUT2D eigenvalue weighted by molar-refractivity contribution is 0.0724. The number of hydrogen-bond donors (Lipinski definition) is 2. The van der Waals surface area contributed by atoms with Crippen molar-refractivity contribution >= 4 is 34.6 Å². The highest BCUT2D eigenvalue weighted by molar-refractivity contribution is 7.80. The first-order chi connectivity index (χ1) is 12.7. The Morgan fingerprint density at radius 1 is 0.923 bits per heavy atom. The van der Waals surface area contributed by atoms with Gasteiger partial charge in [0.2, 0.25) is 0 Å². The number of aryl methyl sites for hydroxylation is 1. The van der Waals surface area contributed by atoms with Crippen molar-refractivity contribution in [1.82, 2.24) is 4.90 Å². The summed E-state index contributed by atoms with van der Waals surface area (Å²) in [4.78, 5) is 14.4. The molecule has 2 aromatic carbocycles. The van der Waals surface area contributed by atoms with E-state index in [0.717, 1.165) is 49.3 Å². The summed E-state index contributed by atoms with van der Waals surface area (Å²) in [5, 5.41) is 6.87. The molecule has 2 aromatic rings. The van der Waals surface area contributed by atoms with Crippen molar-refractivity contribution in [2.45, 2.75) is 32.6 Å². The van der Waals surface area contributed by atoms with E-state index in [0.29, 0.717) is 5.11 Å². The highest BCUT2D eigenvalue weighted by Gasteiger charge is 2.17. The number of piperidine rings is 1. The van der Waals surface area contributed by atoms with E-state index in [1.165, 1.54) is 12.0 Å². The van der Waals surface area contributed by atoms with Crippen LogP contribution in [0.25, 0.3) is 0 Å². The summed E-state index contributed by atoms with van der Waals surface area (Å²) in [7, 11) is 0. The average molecular weight is 368 g/mol. The van der Waals surface area contributed by atoms with E-state index in [1.807, 2.05) is 41.3 Å². The molecule has 0 spiro atoms. The summed E-state index contributed by atoms with van der Waals surface area (Å²) < 4.78 is 0. The number of nitrogens with zero attached hydrogens (tertiary/aromatic N) is 1. The Morgan fingerprint density at radius 3 is 2.00 bits per heavy atom. The molecule has 1 amide bonds. The van der Waals surface area contributed by atoms with Gasteiger partial charge in [-0.2, -0.15) is 0 Å². The number of carbonyl (C=O) groups is 1. The zero-order chi connectivity index (χ0) is 18.4. The van der Waals surface area contributed by atoms with Crippen molar-refractivity contribution < 1.29 is 4.79 Å². The van der Waals surface area contributed by atoms with E-state index in [1.54, 1.807) is 0 Å². The van der Waals surface area contributed by atoms with E-state index in [4.69, 9.17) is 12.2 Å². The third-order valence-corrected chi connectivity index (χ3v) is 4.86. The summed E-state index contributed by atoms with van der Waals surface area (Å²) in [6.07, 6.45) is 4.44. The smallest absolute Gasteiger partial charge is 0.253 e. The van der Waals surface area contributed by atoms with Gasteiger partial charge in [0.15, 0.2) is 5.11 Å². The fraction of sp³-hybridized carbons (Fsp3) is 0.333. The molecule has 136 valence electrons. The van der Waals surface area contributed by atoms with Crippen LogP contribution in [0.3, 0.4) is 0 Å². The van der Waals surface area contributed by atoms with Gasteiger partial charge in [-0.05, 0) is 79.9 Å². The molecule has 0 atom stereocenters. The summed E-state index contributed by atoms with van der Waals surface area (Å²) >= 11 is 5.37. The molecule has 1 saturated heterocycles. The molecule has 1 aliphatic rings. The largest absolute Gasteiger partial charge is 0.339 e. The minimum absolute atomic E-state index is 0.118. The van der Waals surface area contributed by atoms with Gasteiger partial charge in [0, 0.05) is 30.0 Å². The van der Waals surface area contributed by atoms with Gasteiger partial charge in [-0.1, -0.05) is 19.1 Å². The van der Waals surface area contributed by atoms with Gasteiger partial charge in [-0.25, -0.2) is 0 Å². The Labute approximate surface area is 160 Å². The SMILES string of the molecule is CCc1ccc(NC(=S)Nc2ccc(C(=O)N3CCCCC3)cc2)cc1. The number of amides is 1. The second-order valence-corrected chi connectivity index (χ2v) is 6.97. The van der Waals surface area contributed by atoms with Crippen LogP contribution in [0.5, 0.6) is 0 Å². The summed E-state index contributed by atoms with van der Waals surface area (Å²) in [5.74, 6) is 0.118. The van der Waals surface area contributed by atoms with E-state index in [-0.39, 0.29) is 5.91 Å². The Hall–Kier alpha value is -2.40.